The second-order valence-corrected chi connectivity index (χ2v) is 10.1. The van der Waals surface area contributed by atoms with Gasteiger partial charge in [0.15, 0.2) is 17.0 Å². The second kappa shape index (κ2) is 11.5. The lowest BCUT2D eigenvalue weighted by Crippen LogP contribution is -2.30. The van der Waals surface area contributed by atoms with Crippen LogP contribution in [-0.2, 0) is 17.8 Å². The molecular weight excluding hydrogens is 527 g/mol. The fourth-order valence-corrected chi connectivity index (χ4v) is 5.18. The minimum atomic E-state index is -0.273. The Kier molecular flexibility index (Phi) is 8.39. The first-order valence-corrected chi connectivity index (χ1v) is 12.9. The molecule has 9 heteroatoms. The zero-order valence-electron chi connectivity index (χ0n) is 19.0. The third-order valence-electron chi connectivity index (χ3n) is 5.33. The van der Waals surface area contributed by atoms with Gasteiger partial charge in [-0.1, -0.05) is 71.7 Å². The van der Waals surface area contributed by atoms with Gasteiger partial charge in [-0.2, -0.15) is 0 Å². The third-order valence-corrected chi connectivity index (χ3v) is 7.22. The van der Waals surface area contributed by atoms with Gasteiger partial charge in [-0.25, -0.2) is 0 Å². The van der Waals surface area contributed by atoms with Crippen molar-refractivity contribution in [2.24, 2.45) is 0 Å². The number of benzene rings is 3. The highest BCUT2D eigenvalue weighted by Crippen LogP contribution is 2.39. The summed E-state index contributed by atoms with van der Waals surface area (Å²) in [5.74, 6) is 0.676. The predicted octanol–water partition coefficient (Wildman–Crippen LogP) is 7.40. The SMILES string of the molecule is CCc1ccc(N[C@@H]2NC(=O)/C(=C/c3cc(Cl)c(OCc4ccc(Cl)cc4Cl)c(OC)c3)S2)cc1. The van der Waals surface area contributed by atoms with E-state index in [-0.39, 0.29) is 18.0 Å². The van der Waals surface area contributed by atoms with E-state index in [1.54, 1.807) is 36.4 Å². The molecule has 2 N–H and O–H groups in total. The highest BCUT2D eigenvalue weighted by Gasteiger charge is 2.27. The molecule has 182 valence electrons. The summed E-state index contributed by atoms with van der Waals surface area (Å²) in [5.41, 5.74) is 3.41. The Hall–Kier alpha value is -2.51. The number of hydrogen-bond acceptors (Lipinski definition) is 5. The normalized spacial score (nSPS) is 16.3. The molecule has 0 saturated carbocycles. The maximum Gasteiger partial charge on any atom is 0.260 e. The Labute approximate surface area is 223 Å². The number of aryl methyl sites for hydroxylation is 1. The Bertz CT molecular complexity index is 1270. The topological polar surface area (TPSA) is 59.6 Å². The number of nitrogens with one attached hydrogen (secondary N) is 2. The summed E-state index contributed by atoms with van der Waals surface area (Å²) in [4.78, 5) is 13.1. The van der Waals surface area contributed by atoms with Crippen molar-refractivity contribution in [2.45, 2.75) is 25.4 Å². The highest BCUT2D eigenvalue weighted by atomic mass is 35.5. The van der Waals surface area contributed by atoms with Gasteiger partial charge in [0, 0.05) is 21.3 Å². The summed E-state index contributed by atoms with van der Waals surface area (Å²) < 4.78 is 11.4. The molecule has 0 bridgehead atoms. The van der Waals surface area contributed by atoms with Crippen LogP contribution in [0.1, 0.15) is 23.6 Å². The number of anilines is 1. The molecule has 1 heterocycles. The molecule has 1 amide bonds. The molecule has 1 atom stereocenters. The van der Waals surface area contributed by atoms with Gasteiger partial charge in [0.2, 0.25) is 0 Å². The minimum absolute atomic E-state index is 0.162. The number of ether oxygens (including phenoxy) is 2. The lowest BCUT2D eigenvalue weighted by atomic mass is 10.1. The average Bonchev–Trinajstić information content (AvgIpc) is 3.17. The van der Waals surface area contributed by atoms with Gasteiger partial charge < -0.3 is 20.1 Å². The van der Waals surface area contributed by atoms with E-state index < -0.39 is 0 Å². The van der Waals surface area contributed by atoms with Crippen LogP contribution in [0.15, 0.2) is 59.5 Å². The highest BCUT2D eigenvalue weighted by molar-refractivity contribution is 8.05. The molecule has 4 rings (SSSR count). The second-order valence-electron chi connectivity index (χ2n) is 7.73. The van der Waals surface area contributed by atoms with Crippen molar-refractivity contribution in [1.29, 1.82) is 0 Å². The zero-order valence-corrected chi connectivity index (χ0v) is 22.1. The maximum atomic E-state index is 12.6. The molecule has 3 aromatic rings. The van der Waals surface area contributed by atoms with E-state index in [1.165, 1.54) is 24.4 Å². The molecule has 0 unspecified atom stereocenters. The molecule has 0 radical (unpaired) electrons. The van der Waals surface area contributed by atoms with Crippen LogP contribution in [0.3, 0.4) is 0 Å². The van der Waals surface area contributed by atoms with E-state index >= 15 is 0 Å². The summed E-state index contributed by atoms with van der Waals surface area (Å²) in [5, 5.41) is 7.67. The van der Waals surface area contributed by atoms with E-state index in [9.17, 15) is 4.79 Å². The number of carbonyl (C=O) groups is 1. The van der Waals surface area contributed by atoms with Crippen LogP contribution in [0.2, 0.25) is 15.1 Å². The summed E-state index contributed by atoms with van der Waals surface area (Å²) in [6.45, 7) is 2.30. The Morgan fingerprint density at radius 2 is 1.83 bits per heavy atom. The predicted molar refractivity (Wildman–Crippen MR) is 146 cm³/mol. The quantitative estimate of drug-likeness (QED) is 0.287. The van der Waals surface area contributed by atoms with Gasteiger partial charge in [0.1, 0.15) is 6.61 Å². The van der Waals surface area contributed by atoms with Gasteiger partial charge in [-0.3, -0.25) is 4.79 Å². The van der Waals surface area contributed by atoms with Gasteiger partial charge in [0.25, 0.3) is 5.91 Å². The van der Waals surface area contributed by atoms with Crippen LogP contribution in [0.4, 0.5) is 5.69 Å². The van der Waals surface area contributed by atoms with Gasteiger partial charge in [-0.05, 0) is 60.0 Å². The van der Waals surface area contributed by atoms with Crippen molar-refractivity contribution < 1.29 is 14.3 Å². The van der Waals surface area contributed by atoms with Gasteiger partial charge in [0.05, 0.1) is 17.0 Å². The molecule has 3 aromatic carbocycles. The van der Waals surface area contributed by atoms with Crippen molar-refractivity contribution in [2.75, 3.05) is 12.4 Å². The van der Waals surface area contributed by atoms with Gasteiger partial charge in [-0.15, -0.1) is 0 Å². The average molecular weight is 550 g/mol. The molecule has 1 saturated heterocycles. The Balaban J connectivity index is 1.47. The summed E-state index contributed by atoms with van der Waals surface area (Å²) >= 11 is 20.1. The van der Waals surface area contributed by atoms with E-state index in [0.717, 1.165) is 17.7 Å². The standard InChI is InChI=1S/C26H23Cl3N2O3S/c1-3-15-4-8-19(9-5-15)30-26-31-25(32)23(35-26)12-16-10-21(29)24(22(11-16)33-2)34-14-17-6-7-18(27)13-20(17)28/h4-13,26,30H,3,14H2,1-2H3,(H,31,32)/b23-12-/t26-/m1/s1. The Morgan fingerprint density at radius 1 is 1.06 bits per heavy atom. The minimum Gasteiger partial charge on any atom is -0.493 e. The van der Waals surface area contributed by atoms with Crippen molar-refractivity contribution >= 4 is 64.2 Å². The molecule has 5 nitrogen and oxygen atoms in total. The van der Waals surface area contributed by atoms with Gasteiger partial charge >= 0.3 is 0 Å². The first-order chi connectivity index (χ1) is 16.9. The van der Waals surface area contributed by atoms with E-state index in [2.05, 4.69) is 29.7 Å². The molecule has 1 aliphatic heterocycles. The van der Waals surface area contributed by atoms with Crippen molar-refractivity contribution in [3.05, 3.63) is 91.3 Å². The van der Waals surface area contributed by atoms with Crippen LogP contribution < -0.4 is 20.1 Å². The van der Waals surface area contributed by atoms with Crippen LogP contribution in [0.25, 0.3) is 6.08 Å². The fourth-order valence-electron chi connectivity index (χ4n) is 3.46. The van der Waals surface area contributed by atoms with Crippen LogP contribution >= 0.6 is 46.6 Å². The number of amides is 1. The third kappa shape index (κ3) is 6.39. The number of methoxy groups -OCH3 is 1. The van der Waals surface area contributed by atoms with Crippen molar-refractivity contribution in [3.63, 3.8) is 0 Å². The van der Waals surface area contributed by atoms with Crippen LogP contribution in [-0.4, -0.2) is 18.5 Å². The smallest absolute Gasteiger partial charge is 0.260 e. The lowest BCUT2D eigenvalue weighted by molar-refractivity contribution is -0.116. The largest absolute Gasteiger partial charge is 0.493 e. The molecule has 1 aliphatic rings. The van der Waals surface area contributed by atoms with Crippen molar-refractivity contribution in [3.8, 4) is 11.5 Å². The molecule has 0 aliphatic carbocycles. The maximum absolute atomic E-state index is 12.6. The van der Waals surface area contributed by atoms with Crippen LogP contribution in [0.5, 0.6) is 11.5 Å². The molecule has 35 heavy (non-hydrogen) atoms. The number of thioether (sulfide) groups is 1. The molecular formula is C26H23Cl3N2O3S. The first kappa shape index (κ1) is 25.6. The van der Waals surface area contributed by atoms with E-state index in [1.807, 2.05) is 12.1 Å². The molecule has 0 spiro atoms. The zero-order chi connectivity index (χ0) is 24.9. The number of halogens is 3. The Morgan fingerprint density at radius 3 is 2.51 bits per heavy atom. The van der Waals surface area contributed by atoms with E-state index in [0.29, 0.717) is 37.0 Å². The molecule has 0 aromatic heterocycles. The summed E-state index contributed by atoms with van der Waals surface area (Å²) in [6, 6.07) is 16.8. The summed E-state index contributed by atoms with van der Waals surface area (Å²) in [6.07, 6.45) is 2.75. The number of hydrogen-bond donors (Lipinski definition) is 2. The van der Waals surface area contributed by atoms with Crippen molar-refractivity contribution in [1.82, 2.24) is 5.32 Å². The number of rotatable bonds is 8. The molecule has 1 fully saturated rings. The summed E-state index contributed by atoms with van der Waals surface area (Å²) in [7, 11) is 1.53. The monoisotopic (exact) mass is 548 g/mol. The first-order valence-electron chi connectivity index (χ1n) is 10.8. The fraction of sp³-hybridized carbons (Fsp3) is 0.192. The van der Waals surface area contributed by atoms with Crippen LogP contribution in [0, 0.1) is 0 Å². The van der Waals surface area contributed by atoms with E-state index in [4.69, 9.17) is 44.3 Å². The lowest BCUT2D eigenvalue weighted by Gasteiger charge is -2.14. The number of carbonyl (C=O) groups excluding carboxylic acids is 1.